The maximum atomic E-state index is 8.09. The van der Waals surface area contributed by atoms with E-state index < -0.39 is 5.96 Å². The number of halogens is 1. The van der Waals surface area contributed by atoms with Crippen LogP contribution in [-0.4, -0.2) is 36.9 Å². The van der Waals surface area contributed by atoms with Crippen molar-refractivity contribution >= 4 is 45.0 Å². The van der Waals surface area contributed by atoms with E-state index in [1.54, 1.807) is 0 Å². The summed E-state index contributed by atoms with van der Waals surface area (Å²) in [5.74, 6) is -1.63. The van der Waals surface area contributed by atoms with Gasteiger partial charge in [0.1, 0.15) is 0 Å². The molecule has 0 fully saturated rings. The SMILES string of the molecule is C[N+](C)=C1NC(N)=NC(c2ccc(OCP(Cl)(c3ccccc3)(c3ccccc3)c3ccccc3)cc2)N1. The van der Waals surface area contributed by atoms with Crippen molar-refractivity contribution in [2.45, 2.75) is 6.17 Å². The van der Waals surface area contributed by atoms with E-state index in [0.29, 0.717) is 12.3 Å². The van der Waals surface area contributed by atoms with Crippen molar-refractivity contribution in [3.05, 3.63) is 121 Å². The molecule has 0 amide bonds. The molecule has 0 aliphatic carbocycles. The van der Waals surface area contributed by atoms with Gasteiger partial charge >= 0.3 is 229 Å². The molecule has 8 heteroatoms. The van der Waals surface area contributed by atoms with E-state index in [0.717, 1.165) is 33.2 Å². The predicted octanol–water partition coefficient (Wildman–Crippen LogP) is 3.84. The average Bonchev–Trinajstić information content (AvgIpc) is 2.97. The average molecular weight is 545 g/mol. The molecule has 1 unspecified atom stereocenters. The first-order valence-electron chi connectivity index (χ1n) is 12.4. The molecule has 0 saturated carbocycles. The van der Waals surface area contributed by atoms with Gasteiger partial charge in [0.05, 0.1) is 0 Å². The van der Waals surface area contributed by atoms with Crippen LogP contribution in [0.2, 0.25) is 0 Å². The van der Waals surface area contributed by atoms with E-state index in [4.69, 9.17) is 21.7 Å². The topological polar surface area (TPSA) is 74.7 Å². The Morgan fingerprint density at radius 3 is 1.71 bits per heavy atom. The molecule has 38 heavy (non-hydrogen) atoms. The number of ether oxygens (including phenoxy) is 1. The second-order valence-corrected chi connectivity index (χ2v) is 15.9. The van der Waals surface area contributed by atoms with Gasteiger partial charge < -0.3 is 0 Å². The third-order valence-corrected chi connectivity index (χ3v) is 13.6. The van der Waals surface area contributed by atoms with Gasteiger partial charge in [0, 0.05) is 0 Å². The molecule has 0 aromatic heterocycles. The summed E-state index contributed by atoms with van der Waals surface area (Å²) in [5.41, 5.74) is 6.98. The molecular formula is C30H32ClN5OP+. The molecule has 1 aliphatic heterocycles. The fourth-order valence-corrected chi connectivity index (χ4v) is 9.99. The van der Waals surface area contributed by atoms with Gasteiger partial charge in [-0.05, 0) is 0 Å². The zero-order chi connectivity index (χ0) is 26.6. The Balaban J connectivity index is 1.52. The number of guanidine groups is 2. The molecule has 0 spiro atoms. The Bertz CT molecular complexity index is 1360. The first kappa shape index (κ1) is 25.8. The first-order chi connectivity index (χ1) is 18.4. The fourth-order valence-electron chi connectivity index (χ4n) is 4.72. The van der Waals surface area contributed by atoms with E-state index in [1.807, 2.05) is 97.5 Å². The van der Waals surface area contributed by atoms with Crippen molar-refractivity contribution in [3.8, 4) is 5.75 Å². The molecule has 5 rings (SSSR count). The normalized spacial score (nSPS) is 16.3. The van der Waals surface area contributed by atoms with E-state index in [2.05, 4.69) is 52.0 Å². The number of nitrogens with two attached hydrogens (primary N) is 1. The minimum absolute atomic E-state index is 0.298. The summed E-state index contributed by atoms with van der Waals surface area (Å²) < 4.78 is 8.50. The number of benzene rings is 4. The summed E-state index contributed by atoms with van der Waals surface area (Å²) in [4.78, 5) is 4.50. The third kappa shape index (κ3) is 4.73. The molecule has 0 radical (unpaired) electrons. The molecule has 4 aromatic carbocycles. The summed E-state index contributed by atoms with van der Waals surface area (Å²) in [7, 11) is 3.87. The van der Waals surface area contributed by atoms with E-state index >= 15 is 0 Å². The Morgan fingerprint density at radius 2 is 1.26 bits per heavy atom. The van der Waals surface area contributed by atoms with Gasteiger partial charge in [0.25, 0.3) is 0 Å². The van der Waals surface area contributed by atoms with Crippen LogP contribution in [0.5, 0.6) is 5.75 Å². The van der Waals surface area contributed by atoms with E-state index in [1.165, 1.54) is 0 Å². The molecule has 1 atom stereocenters. The van der Waals surface area contributed by atoms with Crippen LogP contribution in [0.15, 0.2) is 120 Å². The van der Waals surface area contributed by atoms with E-state index in [9.17, 15) is 0 Å². The number of nitrogens with one attached hydrogen (secondary N) is 2. The second-order valence-electron chi connectivity index (χ2n) is 9.46. The predicted molar refractivity (Wildman–Crippen MR) is 161 cm³/mol. The molecule has 4 aromatic rings. The zero-order valence-electron chi connectivity index (χ0n) is 21.5. The number of aliphatic imine (C=N–C) groups is 1. The van der Waals surface area contributed by atoms with Gasteiger partial charge in [-0.1, -0.05) is 0 Å². The van der Waals surface area contributed by atoms with Crippen LogP contribution in [0.3, 0.4) is 0 Å². The number of rotatable bonds is 7. The van der Waals surface area contributed by atoms with Gasteiger partial charge in [-0.3, -0.25) is 0 Å². The molecule has 6 nitrogen and oxygen atoms in total. The quantitative estimate of drug-likeness (QED) is 0.244. The van der Waals surface area contributed by atoms with Crippen LogP contribution in [0.4, 0.5) is 0 Å². The standard InChI is InChI=1S/C30H31ClN5OP/c1-36(2)30-34-28(33-29(32)35-30)23-18-20-24(21-19-23)37-22-38(31,25-12-6-3-7-13-25,26-14-8-4-9-15-26)27-16-10-5-11-17-27/h3-21,28H,22H2,1-2H3,(H3,32,33,34,35)/p+1. The van der Waals surface area contributed by atoms with Crippen molar-refractivity contribution < 1.29 is 9.31 Å². The number of nitrogens with zero attached hydrogens (tertiary/aromatic N) is 2. The second kappa shape index (κ2) is 10.5. The Hall–Kier alpha value is -3.86. The van der Waals surface area contributed by atoms with Crippen LogP contribution < -0.4 is 37.0 Å². The molecular weight excluding hydrogens is 513 g/mol. The van der Waals surface area contributed by atoms with Gasteiger partial charge in [0.2, 0.25) is 0 Å². The summed E-state index contributed by atoms with van der Waals surface area (Å²) in [6.07, 6.45) is 0.00714. The zero-order valence-corrected chi connectivity index (χ0v) is 23.1. The first-order valence-corrected chi connectivity index (χ1v) is 15.7. The summed E-state index contributed by atoms with van der Waals surface area (Å²) in [6.45, 7) is 0. The number of hydrogen-bond acceptors (Lipinski definition) is 3. The van der Waals surface area contributed by atoms with Crippen LogP contribution in [-0.2, 0) is 0 Å². The van der Waals surface area contributed by atoms with Crippen molar-refractivity contribution in [2.24, 2.45) is 10.7 Å². The molecule has 0 bridgehead atoms. The molecule has 194 valence electrons. The van der Waals surface area contributed by atoms with Crippen molar-refractivity contribution in [3.63, 3.8) is 0 Å². The molecule has 1 heterocycles. The molecule has 4 N–H and O–H groups in total. The Morgan fingerprint density at radius 1 is 0.789 bits per heavy atom. The molecule has 0 saturated heterocycles. The van der Waals surface area contributed by atoms with Crippen molar-refractivity contribution in [2.75, 3.05) is 20.4 Å². The van der Waals surface area contributed by atoms with Gasteiger partial charge in [-0.25, -0.2) is 0 Å². The van der Waals surface area contributed by atoms with Crippen molar-refractivity contribution in [1.29, 1.82) is 0 Å². The minimum atomic E-state index is -3.52. The van der Waals surface area contributed by atoms with Crippen LogP contribution in [0.25, 0.3) is 0 Å². The van der Waals surface area contributed by atoms with Crippen molar-refractivity contribution in [1.82, 2.24) is 10.6 Å². The van der Waals surface area contributed by atoms with Crippen LogP contribution >= 0.6 is 17.2 Å². The fraction of sp³-hybridized carbons (Fsp3) is 0.133. The van der Waals surface area contributed by atoms with Crippen LogP contribution in [0.1, 0.15) is 11.7 Å². The van der Waals surface area contributed by atoms with E-state index in [-0.39, 0.29) is 6.17 Å². The summed E-state index contributed by atoms with van der Waals surface area (Å²) in [6, 6.07) is 38.9. The summed E-state index contributed by atoms with van der Waals surface area (Å²) in [5, 5.41) is 9.57. The van der Waals surface area contributed by atoms with Gasteiger partial charge in [-0.15, -0.1) is 0 Å². The van der Waals surface area contributed by atoms with Crippen LogP contribution in [0, 0.1) is 0 Å². The number of hydrogen-bond donors (Lipinski definition) is 3. The Labute approximate surface area is 228 Å². The van der Waals surface area contributed by atoms with Gasteiger partial charge in [-0.2, -0.15) is 0 Å². The Kier molecular flexibility index (Phi) is 7.11. The third-order valence-electron chi connectivity index (χ3n) is 6.79. The summed E-state index contributed by atoms with van der Waals surface area (Å²) >= 11 is 8.09. The molecule has 1 aliphatic rings. The maximum absolute atomic E-state index is 8.09. The monoisotopic (exact) mass is 544 g/mol. The van der Waals surface area contributed by atoms with Gasteiger partial charge in [0.15, 0.2) is 0 Å².